The number of anilines is 1. The molecule has 7 nitrogen and oxygen atoms in total. The number of para-hydroxylation sites is 1. The molecule has 3 aromatic rings. The number of rotatable bonds is 3. The van der Waals surface area contributed by atoms with Crippen LogP contribution in [0.3, 0.4) is 0 Å². The molecule has 29 heavy (non-hydrogen) atoms. The number of fused-ring (bicyclic) bond motifs is 2. The van der Waals surface area contributed by atoms with E-state index in [1.807, 2.05) is 12.1 Å². The first-order chi connectivity index (χ1) is 14.2. The highest BCUT2D eigenvalue weighted by atomic mass is 16.1. The molecule has 0 radical (unpaired) electrons. The van der Waals surface area contributed by atoms with E-state index in [9.17, 15) is 4.79 Å². The molecule has 150 valence electrons. The van der Waals surface area contributed by atoms with E-state index in [1.54, 1.807) is 12.4 Å². The Balaban J connectivity index is 1.40. The van der Waals surface area contributed by atoms with Gasteiger partial charge in [-0.2, -0.15) is 0 Å². The van der Waals surface area contributed by atoms with Crippen molar-refractivity contribution in [1.29, 1.82) is 0 Å². The first-order valence-electron chi connectivity index (χ1n) is 10.5. The molecule has 0 amide bonds. The first-order valence-corrected chi connectivity index (χ1v) is 10.5. The lowest BCUT2D eigenvalue weighted by Gasteiger charge is -2.33. The van der Waals surface area contributed by atoms with Crippen LogP contribution in [0.15, 0.2) is 35.4 Å². The largest absolute Gasteiger partial charge is 0.342 e. The predicted octanol–water partition coefficient (Wildman–Crippen LogP) is 2.51. The number of hydrogen-bond acceptors (Lipinski definition) is 6. The molecule has 2 aromatic heterocycles. The number of nitrogens with zero attached hydrogens (tertiary/aromatic N) is 5. The third-order valence-electron chi connectivity index (χ3n) is 6.07. The van der Waals surface area contributed by atoms with Gasteiger partial charge in [0.2, 0.25) is 5.95 Å². The van der Waals surface area contributed by atoms with E-state index in [1.165, 1.54) is 6.42 Å². The Morgan fingerprint density at radius 3 is 3.00 bits per heavy atom. The fraction of sp³-hybridized carbons (Fsp3) is 0.455. The second-order valence-corrected chi connectivity index (χ2v) is 8.31. The van der Waals surface area contributed by atoms with Crippen LogP contribution in [-0.2, 0) is 19.5 Å². The van der Waals surface area contributed by atoms with Crippen molar-refractivity contribution in [3.63, 3.8) is 0 Å². The van der Waals surface area contributed by atoms with Crippen molar-refractivity contribution in [2.75, 3.05) is 24.5 Å². The third-order valence-corrected chi connectivity index (χ3v) is 6.07. The number of piperidine rings is 1. The molecule has 2 aliphatic heterocycles. The normalized spacial score (nSPS) is 20.0. The number of benzene rings is 1. The lowest BCUT2D eigenvalue weighted by atomic mass is 10.0. The van der Waals surface area contributed by atoms with Crippen LogP contribution >= 0.6 is 0 Å². The highest BCUT2D eigenvalue weighted by Crippen LogP contribution is 2.23. The molecule has 0 bridgehead atoms. The summed E-state index contributed by atoms with van der Waals surface area (Å²) in [6.45, 7) is 6.49. The predicted molar refractivity (Wildman–Crippen MR) is 113 cm³/mol. The summed E-state index contributed by atoms with van der Waals surface area (Å²) in [5.41, 5.74) is 4.81. The van der Waals surface area contributed by atoms with Crippen molar-refractivity contribution >= 4 is 17.0 Å². The molecule has 2 aliphatic rings. The van der Waals surface area contributed by atoms with Gasteiger partial charge in [-0.3, -0.25) is 24.6 Å². The molecule has 0 saturated carbocycles. The Morgan fingerprint density at radius 1 is 1.21 bits per heavy atom. The molecule has 1 unspecified atom stereocenters. The van der Waals surface area contributed by atoms with Crippen LogP contribution in [0.1, 0.15) is 36.6 Å². The fourth-order valence-corrected chi connectivity index (χ4v) is 4.57. The molecule has 4 heterocycles. The van der Waals surface area contributed by atoms with Crippen molar-refractivity contribution in [1.82, 2.24) is 24.8 Å². The van der Waals surface area contributed by atoms with Gasteiger partial charge in [-0.25, -0.2) is 4.98 Å². The quantitative estimate of drug-likeness (QED) is 0.740. The summed E-state index contributed by atoms with van der Waals surface area (Å²) in [4.78, 5) is 34.1. The maximum absolute atomic E-state index is 12.7. The van der Waals surface area contributed by atoms with E-state index < -0.39 is 0 Å². The maximum atomic E-state index is 12.7. The van der Waals surface area contributed by atoms with Gasteiger partial charge in [0.15, 0.2) is 0 Å². The van der Waals surface area contributed by atoms with E-state index in [4.69, 9.17) is 4.98 Å². The van der Waals surface area contributed by atoms with Gasteiger partial charge in [0, 0.05) is 50.7 Å². The molecule has 1 saturated heterocycles. The molecular weight excluding hydrogens is 364 g/mol. The summed E-state index contributed by atoms with van der Waals surface area (Å²) in [7, 11) is 0. The van der Waals surface area contributed by atoms with Gasteiger partial charge in [0.05, 0.1) is 16.7 Å². The summed E-state index contributed by atoms with van der Waals surface area (Å²) in [5.74, 6) is 1.37. The topological polar surface area (TPSA) is 78.0 Å². The Kier molecular flexibility index (Phi) is 4.75. The van der Waals surface area contributed by atoms with Crippen molar-refractivity contribution in [3.8, 4) is 0 Å². The number of aromatic amines is 1. The molecule has 0 spiro atoms. The van der Waals surface area contributed by atoms with Gasteiger partial charge in [-0.15, -0.1) is 0 Å². The zero-order valence-corrected chi connectivity index (χ0v) is 16.8. The number of nitrogens with one attached hydrogen (secondary N) is 1. The standard InChI is InChI=1S/C22H26N6O/c1-15-4-3-10-28(12-15)22-25-19-14-27(11-7-17(19)21(29)26-22)13-16-5-2-6-18-20(16)24-9-8-23-18/h2,5-6,8-9,15H,3-4,7,10-14H2,1H3,(H,25,26,29). The van der Waals surface area contributed by atoms with Gasteiger partial charge < -0.3 is 4.90 Å². The molecule has 1 aromatic carbocycles. The van der Waals surface area contributed by atoms with Crippen molar-refractivity contribution in [3.05, 3.63) is 57.8 Å². The zero-order valence-electron chi connectivity index (χ0n) is 16.8. The van der Waals surface area contributed by atoms with Crippen LogP contribution in [-0.4, -0.2) is 44.5 Å². The van der Waals surface area contributed by atoms with E-state index in [0.717, 1.165) is 72.8 Å². The average Bonchev–Trinajstić information content (AvgIpc) is 2.74. The summed E-state index contributed by atoms with van der Waals surface area (Å²) < 4.78 is 0. The van der Waals surface area contributed by atoms with Crippen LogP contribution in [0, 0.1) is 5.92 Å². The van der Waals surface area contributed by atoms with E-state index in [2.05, 4.69) is 37.7 Å². The lowest BCUT2D eigenvalue weighted by Crippen LogP contribution is -2.39. The monoisotopic (exact) mass is 390 g/mol. The molecule has 1 N–H and O–H groups in total. The van der Waals surface area contributed by atoms with Crippen LogP contribution in [0.2, 0.25) is 0 Å². The number of H-pyrrole nitrogens is 1. The second-order valence-electron chi connectivity index (χ2n) is 8.31. The number of aromatic nitrogens is 4. The smallest absolute Gasteiger partial charge is 0.255 e. The molecule has 7 heteroatoms. The zero-order chi connectivity index (χ0) is 19.8. The fourth-order valence-electron chi connectivity index (χ4n) is 4.57. The second kappa shape index (κ2) is 7.55. The first kappa shape index (κ1) is 18.2. The molecule has 5 rings (SSSR count). The maximum Gasteiger partial charge on any atom is 0.255 e. The molecule has 1 atom stereocenters. The Hall–Kier alpha value is -2.80. The van der Waals surface area contributed by atoms with Gasteiger partial charge in [0.1, 0.15) is 0 Å². The van der Waals surface area contributed by atoms with E-state index in [-0.39, 0.29) is 5.56 Å². The summed E-state index contributed by atoms with van der Waals surface area (Å²) in [6, 6.07) is 6.13. The van der Waals surface area contributed by atoms with Crippen LogP contribution in [0.25, 0.3) is 11.0 Å². The molecule has 0 aliphatic carbocycles. The van der Waals surface area contributed by atoms with Crippen molar-refractivity contribution in [2.45, 2.75) is 39.3 Å². The molecule has 1 fully saturated rings. The summed E-state index contributed by atoms with van der Waals surface area (Å²) in [6.07, 6.45) is 6.58. The highest BCUT2D eigenvalue weighted by molar-refractivity contribution is 5.77. The average molecular weight is 390 g/mol. The molecular formula is C22H26N6O. The van der Waals surface area contributed by atoms with Gasteiger partial charge >= 0.3 is 0 Å². The van der Waals surface area contributed by atoms with E-state index in [0.29, 0.717) is 12.5 Å². The summed E-state index contributed by atoms with van der Waals surface area (Å²) >= 11 is 0. The highest BCUT2D eigenvalue weighted by Gasteiger charge is 2.24. The van der Waals surface area contributed by atoms with Crippen LogP contribution in [0.4, 0.5) is 5.95 Å². The van der Waals surface area contributed by atoms with Crippen LogP contribution < -0.4 is 10.5 Å². The minimum absolute atomic E-state index is 0.0268. The third kappa shape index (κ3) is 3.62. The van der Waals surface area contributed by atoms with Gasteiger partial charge in [-0.05, 0) is 36.8 Å². The van der Waals surface area contributed by atoms with Crippen LogP contribution in [0.5, 0.6) is 0 Å². The minimum atomic E-state index is 0.0268. The SMILES string of the molecule is CC1CCCN(c2nc3c(c(=O)[nH]2)CCN(Cc2cccc4nccnc24)C3)C1. The Labute approximate surface area is 169 Å². The van der Waals surface area contributed by atoms with Gasteiger partial charge in [0.25, 0.3) is 5.56 Å². The van der Waals surface area contributed by atoms with Crippen molar-refractivity contribution < 1.29 is 0 Å². The summed E-state index contributed by atoms with van der Waals surface area (Å²) in [5, 5.41) is 0. The van der Waals surface area contributed by atoms with Gasteiger partial charge in [-0.1, -0.05) is 19.1 Å². The Bertz CT molecular complexity index is 1090. The minimum Gasteiger partial charge on any atom is -0.342 e. The van der Waals surface area contributed by atoms with Crippen molar-refractivity contribution in [2.24, 2.45) is 5.92 Å². The lowest BCUT2D eigenvalue weighted by molar-refractivity contribution is 0.241. The Morgan fingerprint density at radius 2 is 2.10 bits per heavy atom. The number of hydrogen-bond donors (Lipinski definition) is 1. The van der Waals surface area contributed by atoms with E-state index >= 15 is 0 Å².